The van der Waals surface area contributed by atoms with E-state index in [4.69, 9.17) is 14.1 Å². The molecule has 2 aliphatic rings. The molecule has 2 unspecified atom stereocenters. The minimum atomic E-state index is -2.60. The molecular formula is C26H39F2N5O3Si. The Labute approximate surface area is 218 Å². The number of rotatable bonds is 9. The Hall–Kier alpha value is -2.40. The number of nitrogens with zero attached hydrogens (tertiary/aromatic N) is 4. The standard InChI is InChI=1S/C26H39F2N5O3Si/c1-7-35-23(34)20-14-19(20)21-15-22(29-17-8-11-26(27,28)12-9-17)31-24(30-21)33-13-10-18(32-33)16-36-37(5,6)25(2,3)4/h10,13,15,17,19-20H,7-9,11-12,14,16H2,1-6H3,(H,29,30,31). The van der Waals surface area contributed by atoms with Gasteiger partial charge >= 0.3 is 5.97 Å². The first-order chi connectivity index (χ1) is 17.3. The van der Waals surface area contributed by atoms with Gasteiger partial charge in [-0.3, -0.25) is 4.79 Å². The van der Waals surface area contributed by atoms with Crippen LogP contribution >= 0.6 is 0 Å². The summed E-state index contributed by atoms with van der Waals surface area (Å²) < 4.78 is 40.4. The zero-order valence-corrected chi connectivity index (χ0v) is 23.7. The summed E-state index contributed by atoms with van der Waals surface area (Å²) >= 11 is 0. The van der Waals surface area contributed by atoms with Crippen molar-refractivity contribution in [3.63, 3.8) is 0 Å². The van der Waals surface area contributed by atoms with Gasteiger partial charge in [0.05, 0.1) is 30.5 Å². The molecule has 204 valence electrons. The normalized spacial score (nSPS) is 22.1. The summed E-state index contributed by atoms with van der Waals surface area (Å²) in [4.78, 5) is 21.6. The number of esters is 1. The number of ether oxygens (including phenoxy) is 1. The predicted molar refractivity (Wildman–Crippen MR) is 139 cm³/mol. The monoisotopic (exact) mass is 535 g/mol. The molecule has 2 fully saturated rings. The van der Waals surface area contributed by atoms with Crippen LogP contribution in [-0.4, -0.2) is 52.6 Å². The Morgan fingerprint density at radius 1 is 1.24 bits per heavy atom. The van der Waals surface area contributed by atoms with Gasteiger partial charge < -0.3 is 14.5 Å². The number of alkyl halides is 2. The number of anilines is 1. The molecule has 2 heterocycles. The fourth-order valence-corrected chi connectivity index (χ4v) is 5.21. The minimum absolute atomic E-state index is 0.0611. The maximum absolute atomic E-state index is 13.6. The third-order valence-electron chi connectivity index (χ3n) is 7.80. The van der Waals surface area contributed by atoms with Crippen LogP contribution in [-0.2, 0) is 20.6 Å². The van der Waals surface area contributed by atoms with Crippen molar-refractivity contribution in [2.24, 2.45) is 5.92 Å². The summed E-state index contributed by atoms with van der Waals surface area (Å²) in [5.41, 5.74) is 1.50. The molecule has 2 saturated carbocycles. The molecule has 2 atom stereocenters. The fourth-order valence-electron chi connectivity index (χ4n) is 4.27. The van der Waals surface area contributed by atoms with E-state index in [1.165, 1.54) is 0 Å². The highest BCUT2D eigenvalue weighted by molar-refractivity contribution is 6.74. The second-order valence-electron chi connectivity index (χ2n) is 11.8. The van der Waals surface area contributed by atoms with E-state index in [0.29, 0.717) is 44.2 Å². The van der Waals surface area contributed by atoms with E-state index in [9.17, 15) is 13.6 Å². The lowest BCUT2D eigenvalue weighted by molar-refractivity contribution is -0.144. The molecule has 37 heavy (non-hydrogen) atoms. The molecule has 0 aromatic carbocycles. The summed E-state index contributed by atoms with van der Waals surface area (Å²) in [6.07, 6.45) is 2.92. The van der Waals surface area contributed by atoms with Gasteiger partial charge in [0.25, 0.3) is 5.95 Å². The van der Waals surface area contributed by atoms with E-state index in [1.807, 2.05) is 12.1 Å². The Bertz CT molecular complexity index is 1110. The number of aromatic nitrogens is 4. The van der Waals surface area contributed by atoms with Crippen molar-refractivity contribution in [1.29, 1.82) is 0 Å². The van der Waals surface area contributed by atoms with Gasteiger partial charge in [-0.2, -0.15) is 10.1 Å². The molecule has 0 bridgehead atoms. The zero-order chi connectivity index (χ0) is 27.0. The molecule has 0 amide bonds. The largest absolute Gasteiger partial charge is 0.466 e. The van der Waals surface area contributed by atoms with Crippen molar-refractivity contribution in [2.45, 2.75) is 102 Å². The molecule has 11 heteroatoms. The third kappa shape index (κ3) is 6.73. The van der Waals surface area contributed by atoms with E-state index in [2.05, 4.69) is 49.3 Å². The Morgan fingerprint density at radius 3 is 2.59 bits per heavy atom. The minimum Gasteiger partial charge on any atom is -0.466 e. The number of halogens is 2. The van der Waals surface area contributed by atoms with Crippen LogP contribution in [0.3, 0.4) is 0 Å². The molecule has 2 aliphatic carbocycles. The van der Waals surface area contributed by atoms with Crippen molar-refractivity contribution in [1.82, 2.24) is 19.7 Å². The Morgan fingerprint density at radius 2 is 1.95 bits per heavy atom. The summed E-state index contributed by atoms with van der Waals surface area (Å²) in [6, 6.07) is 3.62. The topological polar surface area (TPSA) is 91.2 Å². The number of hydrogen-bond donors (Lipinski definition) is 1. The van der Waals surface area contributed by atoms with Gasteiger partial charge in [-0.05, 0) is 50.4 Å². The molecular weight excluding hydrogens is 496 g/mol. The van der Waals surface area contributed by atoms with E-state index in [0.717, 1.165) is 11.4 Å². The summed E-state index contributed by atoms with van der Waals surface area (Å²) in [7, 11) is -1.93. The van der Waals surface area contributed by atoms with Gasteiger partial charge in [-0.25, -0.2) is 18.4 Å². The lowest BCUT2D eigenvalue weighted by atomic mass is 9.92. The van der Waals surface area contributed by atoms with Crippen molar-refractivity contribution in [3.8, 4) is 5.95 Å². The lowest BCUT2D eigenvalue weighted by Gasteiger charge is -2.35. The fraction of sp³-hybridized carbons (Fsp3) is 0.692. The summed E-state index contributed by atoms with van der Waals surface area (Å²) in [5.74, 6) is -2.18. The number of hydrogen-bond acceptors (Lipinski definition) is 7. The van der Waals surface area contributed by atoms with Crippen molar-refractivity contribution in [3.05, 3.63) is 29.7 Å². The van der Waals surface area contributed by atoms with E-state index in [-0.39, 0.29) is 41.7 Å². The molecule has 0 spiro atoms. The Kier molecular flexibility index (Phi) is 7.76. The number of carbonyl (C=O) groups excluding carboxylic acids is 1. The van der Waals surface area contributed by atoms with Gasteiger partial charge in [0.15, 0.2) is 8.32 Å². The quantitative estimate of drug-likeness (QED) is 0.319. The van der Waals surface area contributed by atoms with Crippen LogP contribution in [0.1, 0.15) is 77.1 Å². The van der Waals surface area contributed by atoms with Crippen molar-refractivity contribution >= 4 is 20.1 Å². The average molecular weight is 536 g/mol. The maximum atomic E-state index is 13.6. The smallest absolute Gasteiger partial charge is 0.309 e. The van der Waals surface area contributed by atoms with Gasteiger partial charge in [0.1, 0.15) is 5.82 Å². The van der Waals surface area contributed by atoms with E-state index >= 15 is 0 Å². The van der Waals surface area contributed by atoms with Crippen molar-refractivity contribution in [2.75, 3.05) is 11.9 Å². The van der Waals surface area contributed by atoms with Crippen LogP contribution < -0.4 is 5.32 Å². The third-order valence-corrected chi connectivity index (χ3v) is 12.3. The highest BCUT2D eigenvalue weighted by atomic mass is 28.4. The maximum Gasteiger partial charge on any atom is 0.309 e. The molecule has 8 nitrogen and oxygen atoms in total. The highest BCUT2D eigenvalue weighted by Crippen LogP contribution is 2.48. The molecule has 2 aromatic rings. The van der Waals surface area contributed by atoms with Crippen LogP contribution in [0.15, 0.2) is 18.3 Å². The average Bonchev–Trinajstić information content (AvgIpc) is 3.48. The summed E-state index contributed by atoms with van der Waals surface area (Å²) in [6.45, 7) is 13.5. The van der Waals surface area contributed by atoms with E-state index in [1.54, 1.807) is 17.8 Å². The number of carbonyl (C=O) groups is 1. The van der Waals surface area contributed by atoms with Crippen LogP contribution in [0.25, 0.3) is 5.95 Å². The van der Waals surface area contributed by atoms with Gasteiger partial charge in [-0.1, -0.05) is 20.8 Å². The van der Waals surface area contributed by atoms with Gasteiger partial charge in [0, 0.05) is 37.1 Å². The highest BCUT2D eigenvalue weighted by Gasteiger charge is 2.46. The molecule has 2 aromatic heterocycles. The van der Waals surface area contributed by atoms with E-state index < -0.39 is 14.2 Å². The molecule has 0 saturated heterocycles. The number of nitrogens with one attached hydrogen (secondary N) is 1. The van der Waals surface area contributed by atoms with Crippen LogP contribution in [0.2, 0.25) is 18.1 Å². The molecule has 4 rings (SSSR count). The van der Waals surface area contributed by atoms with Crippen molar-refractivity contribution < 1.29 is 22.7 Å². The second-order valence-corrected chi connectivity index (χ2v) is 16.6. The zero-order valence-electron chi connectivity index (χ0n) is 22.7. The van der Waals surface area contributed by atoms with Gasteiger partial charge in [-0.15, -0.1) is 0 Å². The predicted octanol–water partition coefficient (Wildman–Crippen LogP) is 5.84. The lowest BCUT2D eigenvalue weighted by Crippen LogP contribution is -2.40. The first kappa shape index (κ1) is 27.6. The molecule has 0 aliphatic heterocycles. The first-order valence-corrected chi connectivity index (χ1v) is 16.1. The van der Waals surface area contributed by atoms with Gasteiger partial charge in [0.2, 0.25) is 5.92 Å². The SMILES string of the molecule is CCOC(=O)C1CC1c1cc(NC2CCC(F)(F)CC2)nc(-n2ccc(CO[Si](C)(C)C(C)(C)C)n2)n1. The van der Waals surface area contributed by atoms with Crippen LogP contribution in [0.4, 0.5) is 14.6 Å². The van der Waals surface area contributed by atoms with Crippen LogP contribution in [0.5, 0.6) is 0 Å². The summed E-state index contributed by atoms with van der Waals surface area (Å²) in [5, 5.41) is 8.07. The second kappa shape index (κ2) is 10.4. The molecule has 0 radical (unpaired) electrons. The van der Waals surface area contributed by atoms with Crippen LogP contribution in [0, 0.1) is 5.92 Å². The first-order valence-electron chi connectivity index (χ1n) is 13.2. The Balaban J connectivity index is 1.54. The molecule has 1 N–H and O–H groups in total.